The Morgan fingerprint density at radius 3 is 2.53 bits per heavy atom. The molecule has 1 atom stereocenters. The van der Waals surface area contributed by atoms with Crippen LogP contribution in [0.25, 0.3) is 0 Å². The van der Waals surface area contributed by atoms with Gasteiger partial charge >= 0.3 is 5.97 Å². The normalized spacial score (nSPS) is 12.8. The molecule has 19 heavy (non-hydrogen) atoms. The van der Waals surface area contributed by atoms with Crippen molar-refractivity contribution in [1.29, 1.82) is 0 Å². The van der Waals surface area contributed by atoms with Crippen LogP contribution < -0.4 is 5.73 Å². The number of carbonyl (C=O) groups is 1. The molecule has 0 fully saturated rings. The van der Waals surface area contributed by atoms with Crippen LogP contribution in [0.5, 0.6) is 0 Å². The average molecular weight is 261 g/mol. The molecule has 1 unspecified atom stereocenters. The summed E-state index contributed by atoms with van der Waals surface area (Å²) in [6, 6.07) is 7.88. The van der Waals surface area contributed by atoms with Gasteiger partial charge in [0.1, 0.15) is 6.10 Å². The summed E-state index contributed by atoms with van der Waals surface area (Å²) in [4.78, 5) is 11.3. The Bertz CT molecular complexity index is 450. The van der Waals surface area contributed by atoms with E-state index in [0.717, 1.165) is 24.0 Å². The predicted molar refractivity (Wildman–Crippen MR) is 77.6 cm³/mol. The fourth-order valence-electron chi connectivity index (χ4n) is 2.22. The molecule has 0 heterocycles. The van der Waals surface area contributed by atoms with Crippen molar-refractivity contribution in [2.24, 2.45) is 5.73 Å². The van der Waals surface area contributed by atoms with Gasteiger partial charge in [0.2, 0.25) is 0 Å². The van der Waals surface area contributed by atoms with E-state index in [1.54, 1.807) is 0 Å². The van der Waals surface area contributed by atoms with E-state index in [4.69, 9.17) is 10.5 Å². The molecule has 0 radical (unpaired) electrons. The number of carbonyl (C=O) groups excluding carboxylic acids is 1. The van der Waals surface area contributed by atoms with Crippen molar-refractivity contribution in [3.63, 3.8) is 0 Å². The van der Waals surface area contributed by atoms with Crippen LogP contribution in [0, 0.1) is 0 Å². The average Bonchev–Trinajstić information content (AvgIpc) is 2.46. The molecular weight excluding hydrogens is 238 g/mol. The lowest BCUT2D eigenvalue weighted by molar-refractivity contribution is -0.142. The molecule has 0 spiro atoms. The molecule has 104 valence electrons. The molecule has 0 aliphatic carbocycles. The zero-order valence-corrected chi connectivity index (χ0v) is 12.0. The van der Waals surface area contributed by atoms with E-state index in [-0.39, 0.29) is 11.6 Å². The Morgan fingerprint density at radius 1 is 1.42 bits per heavy atom. The van der Waals surface area contributed by atoms with Gasteiger partial charge < -0.3 is 10.5 Å². The Balaban J connectivity index is 3.15. The number of nitrogens with two attached hydrogens (primary N) is 1. The molecule has 0 bridgehead atoms. The summed E-state index contributed by atoms with van der Waals surface area (Å²) in [7, 11) is 0. The first-order valence-electron chi connectivity index (χ1n) is 6.69. The maximum atomic E-state index is 11.3. The van der Waals surface area contributed by atoms with E-state index in [2.05, 4.69) is 20.4 Å². The molecule has 2 N–H and O–H groups in total. The summed E-state index contributed by atoms with van der Waals surface area (Å²) in [5.41, 5.74) is 8.08. The van der Waals surface area contributed by atoms with Gasteiger partial charge in [0.05, 0.1) is 0 Å². The van der Waals surface area contributed by atoms with Gasteiger partial charge in [-0.3, -0.25) is 0 Å². The number of ether oxygens (including phenoxy) is 1. The number of benzene rings is 1. The van der Waals surface area contributed by atoms with Crippen molar-refractivity contribution in [3.05, 3.63) is 48.0 Å². The van der Waals surface area contributed by atoms with Crippen LogP contribution in [0.3, 0.4) is 0 Å². The van der Waals surface area contributed by atoms with Crippen molar-refractivity contribution >= 4 is 5.97 Å². The first-order chi connectivity index (χ1) is 8.98. The topological polar surface area (TPSA) is 52.3 Å². The predicted octanol–water partition coefficient (Wildman–Crippen LogP) is 3.45. The molecule has 0 aliphatic heterocycles. The maximum absolute atomic E-state index is 11.3. The second-order valence-corrected chi connectivity index (χ2v) is 4.73. The van der Waals surface area contributed by atoms with Gasteiger partial charge in [-0.15, -0.1) is 0 Å². The second kappa shape index (κ2) is 6.53. The second-order valence-electron chi connectivity index (χ2n) is 4.73. The zero-order valence-electron chi connectivity index (χ0n) is 12.0. The lowest BCUT2D eigenvalue weighted by Gasteiger charge is -2.31. The Morgan fingerprint density at radius 2 is 2.00 bits per heavy atom. The monoisotopic (exact) mass is 261 g/mol. The first-order valence-corrected chi connectivity index (χ1v) is 6.69. The van der Waals surface area contributed by atoms with E-state index in [9.17, 15) is 4.79 Å². The van der Waals surface area contributed by atoms with Crippen molar-refractivity contribution in [1.82, 2.24) is 0 Å². The van der Waals surface area contributed by atoms with Gasteiger partial charge in [0.25, 0.3) is 0 Å². The van der Waals surface area contributed by atoms with Crippen LogP contribution >= 0.6 is 0 Å². The molecular formula is C16H23NO2. The molecule has 3 nitrogen and oxygen atoms in total. The summed E-state index contributed by atoms with van der Waals surface area (Å²) in [6.45, 7) is 9.41. The van der Waals surface area contributed by atoms with Crippen molar-refractivity contribution in [3.8, 4) is 0 Å². The summed E-state index contributed by atoms with van der Waals surface area (Å²) in [5.74, 6) is -0.419. The minimum atomic E-state index is -0.419. The summed E-state index contributed by atoms with van der Waals surface area (Å²) >= 11 is 0. The van der Waals surface area contributed by atoms with Crippen LogP contribution in [0.15, 0.2) is 36.9 Å². The third-order valence-corrected chi connectivity index (χ3v) is 3.66. The Hall–Kier alpha value is -1.61. The number of hydrogen-bond acceptors (Lipinski definition) is 3. The standard InChI is InChI=1S/C16H23NO2/c1-5-15(18)19-12(4)13-10-8-9-11-14(13)16(17,6-2)7-3/h5,8-12H,1,6-7,17H2,2-4H3. The molecule has 0 aliphatic rings. The molecule has 1 aromatic rings. The molecule has 0 saturated carbocycles. The highest BCUT2D eigenvalue weighted by atomic mass is 16.5. The smallest absolute Gasteiger partial charge is 0.330 e. The van der Waals surface area contributed by atoms with E-state index < -0.39 is 5.97 Å². The van der Waals surface area contributed by atoms with Gasteiger partial charge in [-0.25, -0.2) is 4.79 Å². The van der Waals surface area contributed by atoms with Crippen molar-refractivity contribution in [2.75, 3.05) is 0 Å². The summed E-state index contributed by atoms with van der Waals surface area (Å²) in [6.07, 6.45) is 2.52. The maximum Gasteiger partial charge on any atom is 0.330 e. The zero-order chi connectivity index (χ0) is 14.5. The van der Waals surface area contributed by atoms with Gasteiger partial charge in [0, 0.05) is 11.6 Å². The minimum Gasteiger partial charge on any atom is -0.455 e. The van der Waals surface area contributed by atoms with E-state index in [1.807, 2.05) is 31.2 Å². The van der Waals surface area contributed by atoms with Crippen LogP contribution in [-0.4, -0.2) is 5.97 Å². The van der Waals surface area contributed by atoms with Crippen LogP contribution in [0.1, 0.15) is 50.8 Å². The van der Waals surface area contributed by atoms with Crippen molar-refractivity contribution in [2.45, 2.75) is 45.3 Å². The highest BCUT2D eigenvalue weighted by Gasteiger charge is 2.27. The lowest BCUT2D eigenvalue weighted by atomic mass is 9.82. The highest BCUT2D eigenvalue weighted by Crippen LogP contribution is 2.32. The minimum absolute atomic E-state index is 0.331. The number of rotatable bonds is 6. The third kappa shape index (κ3) is 3.44. The summed E-state index contributed by atoms with van der Waals surface area (Å²) in [5, 5.41) is 0. The van der Waals surface area contributed by atoms with Crippen LogP contribution in [-0.2, 0) is 15.1 Å². The molecule has 3 heteroatoms. The fourth-order valence-corrected chi connectivity index (χ4v) is 2.22. The quantitative estimate of drug-likeness (QED) is 0.630. The SMILES string of the molecule is C=CC(=O)OC(C)c1ccccc1C(N)(CC)CC. The molecule has 0 amide bonds. The Labute approximate surface area is 115 Å². The van der Waals surface area contributed by atoms with Crippen molar-refractivity contribution < 1.29 is 9.53 Å². The molecule has 1 aromatic carbocycles. The lowest BCUT2D eigenvalue weighted by Crippen LogP contribution is -2.36. The van der Waals surface area contributed by atoms with E-state index in [0.29, 0.717) is 0 Å². The molecule has 1 rings (SSSR count). The van der Waals surface area contributed by atoms with Crippen LogP contribution in [0.2, 0.25) is 0 Å². The van der Waals surface area contributed by atoms with E-state index >= 15 is 0 Å². The molecule has 0 saturated heterocycles. The van der Waals surface area contributed by atoms with Gasteiger partial charge in [0.15, 0.2) is 0 Å². The number of esters is 1. The van der Waals surface area contributed by atoms with Gasteiger partial charge in [-0.2, -0.15) is 0 Å². The third-order valence-electron chi connectivity index (χ3n) is 3.66. The number of hydrogen-bond donors (Lipinski definition) is 1. The molecule has 0 aromatic heterocycles. The highest BCUT2D eigenvalue weighted by molar-refractivity contribution is 5.81. The van der Waals surface area contributed by atoms with Gasteiger partial charge in [-0.1, -0.05) is 44.7 Å². The fraction of sp³-hybridized carbons (Fsp3) is 0.438. The van der Waals surface area contributed by atoms with E-state index in [1.165, 1.54) is 6.08 Å². The largest absolute Gasteiger partial charge is 0.455 e. The van der Waals surface area contributed by atoms with Gasteiger partial charge in [-0.05, 0) is 30.9 Å². The Kier molecular flexibility index (Phi) is 5.31. The first kappa shape index (κ1) is 15.4. The summed E-state index contributed by atoms with van der Waals surface area (Å²) < 4.78 is 5.30. The van der Waals surface area contributed by atoms with Crippen LogP contribution in [0.4, 0.5) is 0 Å².